The zero-order chi connectivity index (χ0) is 18.9. The van der Waals surface area contributed by atoms with Crippen LogP contribution in [-0.2, 0) is 10.0 Å². The SMILES string of the molecule is Cc1cccc(S(=O)(=O)N(Cl)c2ccc(-c3ccccc3Cl)c(C)n2)c1. The van der Waals surface area contributed by atoms with Crippen molar-refractivity contribution in [2.75, 3.05) is 3.82 Å². The van der Waals surface area contributed by atoms with Crippen molar-refractivity contribution >= 4 is 39.2 Å². The van der Waals surface area contributed by atoms with Crippen molar-refractivity contribution in [2.24, 2.45) is 0 Å². The summed E-state index contributed by atoms with van der Waals surface area (Å²) in [7, 11) is -3.91. The number of hydrogen-bond acceptors (Lipinski definition) is 3. The average Bonchev–Trinajstić information content (AvgIpc) is 2.62. The number of hydrogen-bond donors (Lipinski definition) is 0. The lowest BCUT2D eigenvalue weighted by molar-refractivity contribution is 0.597. The van der Waals surface area contributed by atoms with Gasteiger partial charge in [0.25, 0.3) is 10.0 Å². The van der Waals surface area contributed by atoms with Gasteiger partial charge in [0.05, 0.1) is 4.90 Å². The summed E-state index contributed by atoms with van der Waals surface area (Å²) in [6.45, 7) is 3.60. The molecule has 0 saturated heterocycles. The van der Waals surface area contributed by atoms with Crippen LogP contribution in [0.2, 0.25) is 5.02 Å². The maximum atomic E-state index is 12.7. The third kappa shape index (κ3) is 3.56. The molecule has 0 bridgehead atoms. The van der Waals surface area contributed by atoms with Gasteiger partial charge in [0, 0.05) is 33.6 Å². The molecule has 7 heteroatoms. The van der Waals surface area contributed by atoms with Crippen LogP contribution in [-0.4, -0.2) is 13.4 Å². The highest BCUT2D eigenvalue weighted by Gasteiger charge is 2.25. The van der Waals surface area contributed by atoms with Crippen LogP contribution in [0.25, 0.3) is 11.1 Å². The summed E-state index contributed by atoms with van der Waals surface area (Å²) in [4.78, 5) is 4.47. The monoisotopic (exact) mass is 406 g/mol. The first-order valence-corrected chi connectivity index (χ1v) is 9.96. The first-order chi connectivity index (χ1) is 12.3. The zero-order valence-corrected chi connectivity index (χ0v) is 16.5. The van der Waals surface area contributed by atoms with E-state index >= 15 is 0 Å². The highest BCUT2D eigenvalue weighted by Crippen LogP contribution is 2.32. The number of anilines is 1. The molecule has 1 aromatic heterocycles. The van der Waals surface area contributed by atoms with Crippen molar-refractivity contribution < 1.29 is 8.42 Å². The third-order valence-electron chi connectivity index (χ3n) is 3.91. The topological polar surface area (TPSA) is 50.3 Å². The number of pyridine rings is 1. The van der Waals surface area contributed by atoms with Crippen LogP contribution in [0.5, 0.6) is 0 Å². The van der Waals surface area contributed by atoms with E-state index in [1.54, 1.807) is 37.3 Å². The lowest BCUT2D eigenvalue weighted by atomic mass is 10.0. The van der Waals surface area contributed by atoms with E-state index in [9.17, 15) is 8.42 Å². The zero-order valence-electron chi connectivity index (χ0n) is 14.1. The third-order valence-corrected chi connectivity index (χ3v) is 6.42. The molecule has 0 atom stereocenters. The molecular formula is C19H16Cl2N2O2S. The smallest absolute Gasteiger partial charge is 0.233 e. The number of nitrogens with zero attached hydrogens (tertiary/aromatic N) is 2. The van der Waals surface area contributed by atoms with E-state index in [4.69, 9.17) is 23.4 Å². The van der Waals surface area contributed by atoms with Crippen molar-refractivity contribution in [1.29, 1.82) is 0 Å². The van der Waals surface area contributed by atoms with Crippen LogP contribution in [0.1, 0.15) is 11.3 Å². The molecule has 0 aliphatic carbocycles. The normalized spacial score (nSPS) is 11.4. The molecule has 0 N–H and O–H groups in total. The van der Waals surface area contributed by atoms with Gasteiger partial charge in [-0.1, -0.05) is 41.9 Å². The summed E-state index contributed by atoms with van der Waals surface area (Å²) in [5.74, 6) is 0.126. The highest BCUT2D eigenvalue weighted by molar-refractivity contribution is 7.94. The molecule has 0 saturated carbocycles. The maximum absolute atomic E-state index is 12.7. The molecule has 0 spiro atoms. The summed E-state index contributed by atoms with van der Waals surface area (Å²) >= 11 is 12.4. The molecule has 3 aromatic rings. The van der Waals surface area contributed by atoms with Crippen LogP contribution in [0.15, 0.2) is 65.6 Å². The van der Waals surface area contributed by atoms with Gasteiger partial charge in [0.1, 0.15) is 0 Å². The van der Waals surface area contributed by atoms with E-state index < -0.39 is 10.0 Å². The van der Waals surface area contributed by atoms with Crippen molar-refractivity contribution in [3.63, 3.8) is 0 Å². The van der Waals surface area contributed by atoms with Crippen molar-refractivity contribution in [2.45, 2.75) is 18.7 Å². The van der Waals surface area contributed by atoms with Gasteiger partial charge in [0.2, 0.25) is 0 Å². The Morgan fingerprint density at radius 3 is 2.31 bits per heavy atom. The van der Waals surface area contributed by atoms with E-state index in [1.165, 1.54) is 6.07 Å². The molecule has 0 aliphatic heterocycles. The first kappa shape index (κ1) is 18.7. The number of halogens is 2. The van der Waals surface area contributed by atoms with E-state index in [-0.39, 0.29) is 10.7 Å². The van der Waals surface area contributed by atoms with E-state index in [0.29, 0.717) is 14.5 Å². The number of benzene rings is 2. The molecule has 0 amide bonds. The van der Waals surface area contributed by atoms with Gasteiger partial charge in [-0.05, 0) is 49.7 Å². The maximum Gasteiger partial charge on any atom is 0.279 e. The Hall–Kier alpha value is -2.08. The second-order valence-electron chi connectivity index (χ2n) is 5.82. The Morgan fingerprint density at radius 1 is 0.923 bits per heavy atom. The fourth-order valence-corrected chi connectivity index (χ4v) is 4.29. The minimum absolute atomic E-state index is 0.113. The predicted molar refractivity (Wildman–Crippen MR) is 106 cm³/mol. The summed E-state index contributed by atoms with van der Waals surface area (Å²) in [5, 5.41) is 0.597. The predicted octanol–water partition coefficient (Wildman–Crippen LogP) is 5.37. The molecule has 0 fully saturated rings. The summed E-state index contributed by atoms with van der Waals surface area (Å²) in [5.41, 5.74) is 3.10. The molecule has 0 unspecified atom stereocenters. The van der Waals surface area contributed by atoms with Crippen molar-refractivity contribution in [1.82, 2.24) is 4.98 Å². The van der Waals surface area contributed by atoms with Crippen LogP contribution in [0, 0.1) is 13.8 Å². The second-order valence-corrected chi connectivity index (χ2v) is 8.55. The quantitative estimate of drug-likeness (QED) is 0.547. The largest absolute Gasteiger partial charge is 0.279 e. The molecule has 1 heterocycles. The summed E-state index contributed by atoms with van der Waals surface area (Å²) in [6.07, 6.45) is 0. The van der Waals surface area contributed by atoms with Gasteiger partial charge in [-0.3, -0.25) is 0 Å². The summed E-state index contributed by atoms with van der Waals surface area (Å²) in [6, 6.07) is 17.3. The Labute approximate surface area is 163 Å². The Balaban J connectivity index is 2.00. The van der Waals surface area contributed by atoms with E-state index in [1.807, 2.05) is 31.2 Å². The molecule has 0 radical (unpaired) electrons. The van der Waals surface area contributed by atoms with Gasteiger partial charge in [-0.25, -0.2) is 4.98 Å². The van der Waals surface area contributed by atoms with Gasteiger partial charge in [-0.2, -0.15) is 12.2 Å². The minimum atomic E-state index is -3.91. The Morgan fingerprint density at radius 2 is 1.65 bits per heavy atom. The fraction of sp³-hybridized carbons (Fsp3) is 0.105. The van der Waals surface area contributed by atoms with Crippen LogP contribution >= 0.6 is 23.4 Å². The summed E-state index contributed by atoms with van der Waals surface area (Å²) < 4.78 is 26.1. The first-order valence-electron chi connectivity index (χ1n) is 7.81. The van der Waals surface area contributed by atoms with Gasteiger partial charge >= 0.3 is 0 Å². The number of rotatable bonds is 4. The van der Waals surface area contributed by atoms with Crippen molar-refractivity contribution in [3.05, 3.63) is 76.9 Å². The van der Waals surface area contributed by atoms with Crippen molar-refractivity contribution in [3.8, 4) is 11.1 Å². The number of aryl methyl sites for hydroxylation is 2. The van der Waals surface area contributed by atoms with Crippen LogP contribution in [0.3, 0.4) is 0 Å². The van der Waals surface area contributed by atoms with E-state index in [2.05, 4.69) is 4.98 Å². The standard InChI is InChI=1S/C19H16Cl2N2O2S/c1-13-6-5-7-15(12-13)26(24,25)23(21)19-11-10-16(14(2)22-19)17-8-3-4-9-18(17)20/h3-12H,1-2H3. The van der Waals surface area contributed by atoms with Gasteiger partial charge in [-0.15, -0.1) is 0 Å². The molecule has 4 nitrogen and oxygen atoms in total. The van der Waals surface area contributed by atoms with Crippen LogP contribution < -0.4 is 3.82 Å². The van der Waals surface area contributed by atoms with E-state index in [0.717, 1.165) is 16.7 Å². The lowest BCUT2D eigenvalue weighted by Gasteiger charge is -2.17. The van der Waals surface area contributed by atoms with Gasteiger partial charge < -0.3 is 0 Å². The van der Waals surface area contributed by atoms with Gasteiger partial charge in [0.15, 0.2) is 5.82 Å². The highest BCUT2D eigenvalue weighted by atomic mass is 35.5. The molecule has 3 rings (SSSR count). The second kappa shape index (κ2) is 7.27. The molecule has 134 valence electrons. The molecule has 26 heavy (non-hydrogen) atoms. The number of sulfonamides is 1. The molecular weight excluding hydrogens is 391 g/mol. The van der Waals surface area contributed by atoms with Crippen LogP contribution in [0.4, 0.5) is 5.82 Å². The fourth-order valence-electron chi connectivity index (χ4n) is 2.60. The lowest BCUT2D eigenvalue weighted by Crippen LogP contribution is -2.22. The molecule has 0 aliphatic rings. The Bertz CT molecular complexity index is 1070. The average molecular weight is 407 g/mol. The number of aromatic nitrogens is 1. The minimum Gasteiger partial charge on any atom is -0.233 e. The Kier molecular flexibility index (Phi) is 5.23. The molecule has 2 aromatic carbocycles.